The number of benzene rings is 2. The van der Waals surface area contributed by atoms with Crippen LogP contribution in [-0.2, 0) is 7.05 Å². The number of carbonyl (C=O) groups excluding carboxylic acids is 1. The van der Waals surface area contributed by atoms with Crippen molar-refractivity contribution in [2.45, 2.75) is 0 Å². The third kappa shape index (κ3) is 2.39. The lowest BCUT2D eigenvalue weighted by Crippen LogP contribution is -2.00. The summed E-state index contributed by atoms with van der Waals surface area (Å²) in [5.41, 5.74) is 2.68. The van der Waals surface area contributed by atoms with E-state index >= 15 is 0 Å². The van der Waals surface area contributed by atoms with Gasteiger partial charge in [-0.05, 0) is 30.3 Å². The Morgan fingerprint density at radius 2 is 1.88 bits per heavy atom. The minimum Gasteiger partial charge on any atom is -0.507 e. The van der Waals surface area contributed by atoms with Gasteiger partial charge in [-0.3, -0.25) is 4.79 Å². The van der Waals surface area contributed by atoms with Gasteiger partial charge in [-0.25, -0.2) is 4.98 Å². The van der Waals surface area contributed by atoms with Gasteiger partial charge in [-0.1, -0.05) is 24.3 Å². The van der Waals surface area contributed by atoms with Crippen LogP contribution in [0.15, 0.2) is 60.8 Å². The van der Waals surface area contributed by atoms with Crippen molar-refractivity contribution in [2.75, 3.05) is 0 Å². The molecule has 2 heterocycles. The maximum Gasteiger partial charge on any atom is 0.198 e. The van der Waals surface area contributed by atoms with Crippen molar-refractivity contribution in [1.82, 2.24) is 9.55 Å². The number of rotatable bonds is 3. The number of para-hydroxylation sites is 2. The number of aromatic hydroxyl groups is 1. The van der Waals surface area contributed by atoms with Gasteiger partial charge in [0.15, 0.2) is 5.78 Å². The predicted octanol–water partition coefficient (Wildman–Crippen LogP) is 4.24. The first-order valence-electron chi connectivity index (χ1n) is 7.48. The molecule has 5 heteroatoms. The van der Waals surface area contributed by atoms with Crippen LogP contribution in [0.3, 0.4) is 0 Å². The summed E-state index contributed by atoms with van der Waals surface area (Å²) in [6.07, 6.45) is 1.77. The Hall–Kier alpha value is -2.92. The highest BCUT2D eigenvalue weighted by Gasteiger charge is 2.18. The number of hydrogen-bond acceptors (Lipinski definition) is 4. The molecule has 4 aromatic rings. The van der Waals surface area contributed by atoms with E-state index in [9.17, 15) is 9.90 Å². The van der Waals surface area contributed by atoms with E-state index in [1.54, 1.807) is 35.7 Å². The first-order chi connectivity index (χ1) is 11.6. The summed E-state index contributed by atoms with van der Waals surface area (Å²) in [4.78, 5) is 17.3. The van der Waals surface area contributed by atoms with Crippen molar-refractivity contribution in [3.05, 3.63) is 71.9 Å². The third-order valence-corrected chi connectivity index (χ3v) is 4.99. The van der Waals surface area contributed by atoms with Crippen LogP contribution in [0.1, 0.15) is 15.9 Å². The molecule has 118 valence electrons. The van der Waals surface area contributed by atoms with Crippen LogP contribution in [0.4, 0.5) is 0 Å². The Morgan fingerprint density at radius 3 is 2.67 bits per heavy atom. The van der Waals surface area contributed by atoms with Crippen molar-refractivity contribution in [3.8, 4) is 16.5 Å². The fourth-order valence-electron chi connectivity index (χ4n) is 2.70. The van der Waals surface area contributed by atoms with Gasteiger partial charge in [0, 0.05) is 18.8 Å². The number of fused-ring (bicyclic) bond motifs is 1. The second-order valence-electron chi connectivity index (χ2n) is 5.56. The lowest BCUT2D eigenvalue weighted by atomic mass is 10.1. The summed E-state index contributed by atoms with van der Waals surface area (Å²) in [6.45, 7) is 0. The molecule has 0 aliphatic carbocycles. The summed E-state index contributed by atoms with van der Waals surface area (Å²) in [5, 5.41) is 10.8. The lowest BCUT2D eigenvalue weighted by molar-refractivity contribution is 0.103. The number of carbonyl (C=O) groups is 1. The molecule has 4 rings (SSSR count). The molecule has 0 unspecified atom stereocenters. The van der Waals surface area contributed by atoms with Crippen LogP contribution in [-0.4, -0.2) is 20.4 Å². The molecule has 0 bridgehead atoms. The van der Waals surface area contributed by atoms with Gasteiger partial charge >= 0.3 is 0 Å². The number of thiazole rings is 1. The van der Waals surface area contributed by atoms with E-state index in [1.165, 1.54) is 6.07 Å². The lowest BCUT2D eigenvalue weighted by Gasteiger charge is -2.00. The van der Waals surface area contributed by atoms with Crippen LogP contribution in [0.5, 0.6) is 5.75 Å². The van der Waals surface area contributed by atoms with E-state index in [-0.39, 0.29) is 11.5 Å². The topological polar surface area (TPSA) is 55.1 Å². The van der Waals surface area contributed by atoms with Crippen LogP contribution in [0.25, 0.3) is 20.9 Å². The molecule has 0 saturated heterocycles. The zero-order chi connectivity index (χ0) is 16.7. The molecule has 24 heavy (non-hydrogen) atoms. The minimum absolute atomic E-state index is 0.00658. The standard InChI is InChI=1S/C19H14N2O2S/c1-21-11-12(18(23)13-6-2-4-8-16(13)22)10-15(21)19-20-14-7-3-5-9-17(14)24-19/h2-11,22H,1H3. The molecular formula is C19H14N2O2S. The molecule has 0 spiro atoms. The Kier molecular flexibility index (Phi) is 3.43. The Labute approximate surface area is 142 Å². The summed E-state index contributed by atoms with van der Waals surface area (Å²) in [7, 11) is 1.89. The first-order valence-corrected chi connectivity index (χ1v) is 8.30. The molecule has 0 radical (unpaired) electrons. The molecular weight excluding hydrogens is 320 g/mol. The van der Waals surface area contributed by atoms with Gasteiger partial charge in [-0.15, -0.1) is 11.3 Å². The van der Waals surface area contributed by atoms with E-state index in [1.807, 2.05) is 41.9 Å². The average molecular weight is 334 g/mol. The van der Waals surface area contributed by atoms with E-state index in [0.29, 0.717) is 11.1 Å². The van der Waals surface area contributed by atoms with Crippen LogP contribution in [0, 0.1) is 0 Å². The summed E-state index contributed by atoms with van der Waals surface area (Å²) in [5.74, 6) is -0.205. The van der Waals surface area contributed by atoms with E-state index in [4.69, 9.17) is 0 Å². The first kappa shape index (κ1) is 14.7. The van der Waals surface area contributed by atoms with Gasteiger partial charge in [0.05, 0.1) is 21.5 Å². The normalized spacial score (nSPS) is 11.0. The summed E-state index contributed by atoms with van der Waals surface area (Å²) in [6, 6.07) is 16.4. The van der Waals surface area contributed by atoms with E-state index in [0.717, 1.165) is 20.9 Å². The smallest absolute Gasteiger partial charge is 0.198 e. The molecule has 0 aliphatic heterocycles. The van der Waals surface area contributed by atoms with Gasteiger partial charge in [-0.2, -0.15) is 0 Å². The largest absolute Gasteiger partial charge is 0.507 e. The Morgan fingerprint density at radius 1 is 1.12 bits per heavy atom. The number of ketones is 1. The molecule has 0 saturated carbocycles. The fraction of sp³-hybridized carbons (Fsp3) is 0.0526. The zero-order valence-corrected chi connectivity index (χ0v) is 13.7. The van der Waals surface area contributed by atoms with Gasteiger partial charge in [0.2, 0.25) is 0 Å². The molecule has 0 atom stereocenters. The molecule has 2 aromatic carbocycles. The predicted molar refractivity (Wildman–Crippen MR) is 95.6 cm³/mol. The third-order valence-electron chi connectivity index (χ3n) is 3.93. The van der Waals surface area contributed by atoms with Crippen molar-refractivity contribution < 1.29 is 9.90 Å². The van der Waals surface area contributed by atoms with E-state index < -0.39 is 0 Å². The van der Waals surface area contributed by atoms with Crippen molar-refractivity contribution >= 4 is 27.3 Å². The maximum absolute atomic E-state index is 12.6. The highest BCUT2D eigenvalue weighted by Crippen LogP contribution is 2.31. The minimum atomic E-state index is -0.198. The summed E-state index contributed by atoms with van der Waals surface area (Å²) >= 11 is 1.60. The maximum atomic E-state index is 12.6. The highest BCUT2D eigenvalue weighted by molar-refractivity contribution is 7.21. The van der Waals surface area contributed by atoms with Crippen LogP contribution < -0.4 is 0 Å². The number of phenolic OH excluding ortho intramolecular Hbond substituents is 1. The number of hydrogen-bond donors (Lipinski definition) is 1. The van der Waals surface area contributed by atoms with Gasteiger partial charge < -0.3 is 9.67 Å². The zero-order valence-electron chi connectivity index (χ0n) is 12.9. The number of phenols is 1. The van der Waals surface area contributed by atoms with Crippen molar-refractivity contribution in [2.24, 2.45) is 7.05 Å². The molecule has 2 aromatic heterocycles. The Balaban J connectivity index is 1.77. The van der Waals surface area contributed by atoms with E-state index in [2.05, 4.69) is 4.98 Å². The van der Waals surface area contributed by atoms with Crippen molar-refractivity contribution in [1.29, 1.82) is 0 Å². The van der Waals surface area contributed by atoms with Crippen LogP contribution >= 0.6 is 11.3 Å². The fourth-order valence-corrected chi connectivity index (χ4v) is 3.73. The quantitative estimate of drug-likeness (QED) is 0.570. The number of aryl methyl sites for hydroxylation is 1. The SMILES string of the molecule is Cn1cc(C(=O)c2ccccc2O)cc1-c1nc2ccccc2s1. The molecule has 4 nitrogen and oxygen atoms in total. The average Bonchev–Trinajstić information content (AvgIpc) is 3.17. The summed E-state index contributed by atoms with van der Waals surface area (Å²) < 4.78 is 3.01. The second kappa shape index (κ2) is 5.62. The monoisotopic (exact) mass is 334 g/mol. The number of aromatic nitrogens is 2. The van der Waals surface area contributed by atoms with Gasteiger partial charge in [0.1, 0.15) is 10.8 Å². The molecule has 0 fully saturated rings. The molecule has 0 aliphatic rings. The second-order valence-corrected chi connectivity index (χ2v) is 6.59. The molecule has 0 amide bonds. The Bertz CT molecular complexity index is 1030. The number of nitrogens with zero attached hydrogens (tertiary/aromatic N) is 2. The molecule has 1 N–H and O–H groups in total. The highest BCUT2D eigenvalue weighted by atomic mass is 32.1. The van der Waals surface area contributed by atoms with Gasteiger partial charge in [0.25, 0.3) is 0 Å². The van der Waals surface area contributed by atoms with Crippen molar-refractivity contribution in [3.63, 3.8) is 0 Å². The van der Waals surface area contributed by atoms with Crippen LogP contribution in [0.2, 0.25) is 0 Å².